The summed E-state index contributed by atoms with van der Waals surface area (Å²) in [6.07, 6.45) is 0. The van der Waals surface area contributed by atoms with E-state index in [1.807, 2.05) is 11.3 Å². The minimum atomic E-state index is 0.721. The number of hydrogen-bond donors (Lipinski definition) is 0. The maximum absolute atomic E-state index is 5.52. The summed E-state index contributed by atoms with van der Waals surface area (Å²) in [6, 6.07) is 67.8. The number of rotatable bonds is 4. The van der Waals surface area contributed by atoms with Crippen LogP contribution in [-0.2, 0) is 0 Å². The molecule has 0 saturated heterocycles. The van der Waals surface area contributed by atoms with E-state index < -0.39 is 0 Å². The van der Waals surface area contributed by atoms with Crippen LogP contribution in [0.3, 0.4) is 0 Å². The van der Waals surface area contributed by atoms with Crippen LogP contribution in [-0.4, -0.2) is 14.5 Å². The molecule has 260 valence electrons. The van der Waals surface area contributed by atoms with Gasteiger partial charge in [0.05, 0.1) is 22.2 Å². The summed E-state index contributed by atoms with van der Waals surface area (Å²) in [5.41, 5.74) is 9.76. The molecular weight excluding hydrogens is 699 g/mol. The van der Waals surface area contributed by atoms with E-state index in [0.29, 0.717) is 0 Å². The van der Waals surface area contributed by atoms with Crippen molar-refractivity contribution in [3.63, 3.8) is 0 Å². The Kier molecular flexibility index (Phi) is 6.80. The average Bonchev–Trinajstić information content (AvgIpc) is 3.82. The van der Waals surface area contributed by atoms with Gasteiger partial charge in [0.2, 0.25) is 0 Å². The third-order valence-corrected chi connectivity index (χ3v) is 12.6. The predicted octanol–water partition coefficient (Wildman–Crippen LogP) is 14.4. The molecule has 0 aliphatic rings. The molecule has 4 heteroatoms. The molecule has 0 N–H and O–H groups in total. The van der Waals surface area contributed by atoms with E-state index in [-0.39, 0.29) is 0 Å². The van der Waals surface area contributed by atoms with Crippen molar-refractivity contribution < 1.29 is 0 Å². The summed E-state index contributed by atoms with van der Waals surface area (Å²) < 4.78 is 4.92. The van der Waals surface area contributed by atoms with E-state index in [0.717, 1.165) is 44.8 Å². The molecule has 0 unspecified atom stereocenters. The number of fused-ring (bicyclic) bond motifs is 11. The van der Waals surface area contributed by atoms with Crippen LogP contribution in [0.15, 0.2) is 188 Å². The van der Waals surface area contributed by atoms with Crippen LogP contribution in [0.4, 0.5) is 0 Å². The third kappa shape index (κ3) is 4.70. The lowest BCUT2D eigenvalue weighted by Crippen LogP contribution is -1.99. The topological polar surface area (TPSA) is 30.7 Å². The molecule has 3 heterocycles. The van der Waals surface area contributed by atoms with Crippen LogP contribution >= 0.6 is 11.3 Å². The minimum Gasteiger partial charge on any atom is -0.309 e. The summed E-state index contributed by atoms with van der Waals surface area (Å²) >= 11 is 1.82. The lowest BCUT2D eigenvalue weighted by Gasteiger charge is -2.14. The molecule has 56 heavy (non-hydrogen) atoms. The van der Waals surface area contributed by atoms with Crippen molar-refractivity contribution in [1.82, 2.24) is 14.5 Å². The lowest BCUT2D eigenvalue weighted by molar-refractivity contribution is 1.18. The Morgan fingerprint density at radius 2 is 1.11 bits per heavy atom. The monoisotopic (exact) mass is 729 g/mol. The Balaban J connectivity index is 1.19. The Bertz CT molecular complexity index is 3540. The second-order valence-corrected chi connectivity index (χ2v) is 15.6. The second-order valence-electron chi connectivity index (χ2n) is 14.5. The van der Waals surface area contributed by atoms with Gasteiger partial charge in [0.1, 0.15) is 0 Å². The zero-order valence-electron chi connectivity index (χ0n) is 30.1. The molecule has 12 aromatic rings. The Morgan fingerprint density at radius 1 is 0.429 bits per heavy atom. The Morgan fingerprint density at radius 3 is 1.98 bits per heavy atom. The molecule has 0 aliphatic heterocycles. The molecule has 12 rings (SSSR count). The van der Waals surface area contributed by atoms with Gasteiger partial charge < -0.3 is 4.57 Å². The normalized spacial score (nSPS) is 11.9. The maximum Gasteiger partial charge on any atom is 0.161 e. The van der Waals surface area contributed by atoms with Gasteiger partial charge in [-0.3, -0.25) is 0 Å². The number of nitrogens with zero attached hydrogens (tertiary/aromatic N) is 3. The molecule has 0 spiro atoms. The number of para-hydroxylation sites is 1. The van der Waals surface area contributed by atoms with Crippen LogP contribution in [0.1, 0.15) is 0 Å². The van der Waals surface area contributed by atoms with Crippen molar-refractivity contribution in [2.45, 2.75) is 0 Å². The molecule has 0 fully saturated rings. The first-order chi connectivity index (χ1) is 27.8. The predicted molar refractivity (Wildman–Crippen MR) is 238 cm³/mol. The van der Waals surface area contributed by atoms with Crippen molar-refractivity contribution in [2.75, 3.05) is 0 Å². The molecule has 3 nitrogen and oxygen atoms in total. The fraction of sp³-hybridized carbons (Fsp3) is 0. The summed E-state index contributed by atoms with van der Waals surface area (Å²) in [4.78, 5) is 10.9. The highest BCUT2D eigenvalue weighted by atomic mass is 32.1. The fourth-order valence-electron chi connectivity index (χ4n) is 8.82. The van der Waals surface area contributed by atoms with E-state index in [1.165, 1.54) is 69.1 Å². The van der Waals surface area contributed by atoms with Crippen LogP contribution in [0.2, 0.25) is 0 Å². The van der Waals surface area contributed by atoms with Crippen molar-refractivity contribution in [3.8, 4) is 39.5 Å². The van der Waals surface area contributed by atoms with Gasteiger partial charge in [-0.2, -0.15) is 0 Å². The van der Waals surface area contributed by atoms with E-state index in [4.69, 9.17) is 9.97 Å². The highest BCUT2D eigenvalue weighted by Gasteiger charge is 2.22. The molecule has 0 atom stereocenters. The largest absolute Gasteiger partial charge is 0.309 e. The van der Waals surface area contributed by atoms with Gasteiger partial charge in [-0.05, 0) is 63.7 Å². The van der Waals surface area contributed by atoms with Gasteiger partial charge in [0.25, 0.3) is 0 Å². The average molecular weight is 730 g/mol. The van der Waals surface area contributed by atoms with Gasteiger partial charge in [0.15, 0.2) is 5.82 Å². The number of benzene rings is 9. The second kappa shape index (κ2) is 12.2. The molecule has 3 aromatic heterocycles. The molecule has 0 bridgehead atoms. The zero-order chi connectivity index (χ0) is 36.7. The molecule has 9 aromatic carbocycles. The van der Waals surface area contributed by atoms with E-state index >= 15 is 0 Å². The first kappa shape index (κ1) is 31.2. The van der Waals surface area contributed by atoms with Crippen molar-refractivity contribution in [2.24, 2.45) is 0 Å². The lowest BCUT2D eigenvalue weighted by atomic mass is 9.99. The quantitative estimate of drug-likeness (QED) is 0.181. The number of thiophene rings is 1. The highest BCUT2D eigenvalue weighted by Crippen LogP contribution is 2.45. The van der Waals surface area contributed by atoms with E-state index in [2.05, 4.69) is 193 Å². The van der Waals surface area contributed by atoms with Crippen LogP contribution in [0.25, 0.3) is 114 Å². The molecule has 0 radical (unpaired) electrons. The fourth-order valence-corrected chi connectivity index (χ4v) is 10.0. The van der Waals surface area contributed by atoms with Gasteiger partial charge in [0, 0.05) is 58.5 Å². The van der Waals surface area contributed by atoms with Crippen LogP contribution in [0.5, 0.6) is 0 Å². The van der Waals surface area contributed by atoms with Crippen LogP contribution < -0.4 is 0 Å². The van der Waals surface area contributed by atoms with Crippen molar-refractivity contribution in [1.29, 1.82) is 0 Å². The van der Waals surface area contributed by atoms with Gasteiger partial charge in [-0.25, -0.2) is 9.97 Å². The van der Waals surface area contributed by atoms with Crippen LogP contribution in [0, 0.1) is 0 Å². The summed E-state index contributed by atoms with van der Waals surface area (Å²) in [5, 5.41) is 10.9. The molecule has 0 aliphatic carbocycles. The summed E-state index contributed by atoms with van der Waals surface area (Å²) in [5.74, 6) is 0.721. The van der Waals surface area contributed by atoms with Gasteiger partial charge >= 0.3 is 0 Å². The molecule has 0 saturated carbocycles. The zero-order valence-corrected chi connectivity index (χ0v) is 31.0. The van der Waals surface area contributed by atoms with Crippen molar-refractivity contribution >= 4 is 85.8 Å². The summed E-state index contributed by atoms with van der Waals surface area (Å²) in [7, 11) is 0. The Hall–Kier alpha value is -7.14. The minimum absolute atomic E-state index is 0.721. The first-order valence-corrected chi connectivity index (χ1v) is 19.8. The smallest absolute Gasteiger partial charge is 0.161 e. The standard InChI is InChI=1S/C52H31N3S/c1-2-13-32(14-3-1)35-17-12-18-36(29-35)49-41-22-8-10-23-45(41)53-52(54-49)44-31-37(30-43-40-21-9-11-24-47(40)56-51(43)44)55-46-28-26-33-15-4-6-19-38(33)48(46)42-27-25-34-16-5-7-20-39(34)50(42)55/h1-31H. The van der Waals surface area contributed by atoms with Gasteiger partial charge in [-0.1, -0.05) is 152 Å². The Labute approximate surface area is 326 Å². The van der Waals surface area contributed by atoms with E-state index in [9.17, 15) is 0 Å². The molecular formula is C52H31N3S. The van der Waals surface area contributed by atoms with Gasteiger partial charge in [-0.15, -0.1) is 11.3 Å². The summed E-state index contributed by atoms with van der Waals surface area (Å²) in [6.45, 7) is 0. The van der Waals surface area contributed by atoms with Crippen molar-refractivity contribution in [3.05, 3.63) is 188 Å². The first-order valence-electron chi connectivity index (χ1n) is 19.0. The molecule has 0 amide bonds. The maximum atomic E-state index is 5.52. The SMILES string of the molecule is c1ccc(-c2cccc(-c3nc(-c4cc(-n5c6ccc7ccccc7c6c6ccc7ccccc7c65)cc5c4sc4ccccc45)nc4ccccc34)c2)cc1. The number of aromatic nitrogens is 3. The number of hydrogen-bond acceptors (Lipinski definition) is 3. The third-order valence-electron chi connectivity index (χ3n) is 11.3. The highest BCUT2D eigenvalue weighted by molar-refractivity contribution is 7.26. The van der Waals surface area contributed by atoms with E-state index in [1.54, 1.807) is 0 Å².